The van der Waals surface area contributed by atoms with Crippen molar-refractivity contribution in [3.63, 3.8) is 0 Å². The molecule has 2 aromatic carbocycles. The summed E-state index contributed by atoms with van der Waals surface area (Å²) in [6.45, 7) is 2.04. The normalized spacial score (nSPS) is 22.7. The van der Waals surface area contributed by atoms with Crippen LogP contribution in [0.5, 0.6) is 5.75 Å². The molecule has 0 bridgehead atoms. The zero-order valence-corrected chi connectivity index (χ0v) is 14.2. The zero-order valence-electron chi connectivity index (χ0n) is 13.3. The Bertz CT molecular complexity index is 894. The van der Waals surface area contributed by atoms with Crippen LogP contribution in [0, 0.1) is 0 Å². The molecular formula is C18H19NO4S. The number of anilines is 1. The molecule has 0 spiro atoms. The largest absolute Gasteiger partial charge is 0.490 e. The van der Waals surface area contributed by atoms with E-state index in [2.05, 4.69) is 0 Å². The minimum absolute atomic E-state index is 0.0653. The highest BCUT2D eigenvalue weighted by Crippen LogP contribution is 2.35. The second kappa shape index (κ2) is 5.50. The van der Waals surface area contributed by atoms with Gasteiger partial charge in [-0.3, -0.25) is 4.31 Å². The van der Waals surface area contributed by atoms with Crippen LogP contribution in [0.4, 0.5) is 5.69 Å². The first-order valence-electron chi connectivity index (χ1n) is 8.03. The highest BCUT2D eigenvalue weighted by atomic mass is 32.2. The Kier molecular flexibility index (Phi) is 3.54. The molecule has 5 nitrogen and oxygen atoms in total. The maximum atomic E-state index is 13.2. The molecule has 0 saturated heterocycles. The van der Waals surface area contributed by atoms with Gasteiger partial charge in [0.1, 0.15) is 11.9 Å². The number of hydrogen-bond donors (Lipinski definition) is 1. The number of β-amino-alcohol motifs (C(OH)–C–C–N with tert-alkyl or cyclic N) is 1. The van der Waals surface area contributed by atoms with Crippen molar-refractivity contribution in [2.45, 2.75) is 36.9 Å². The van der Waals surface area contributed by atoms with Crippen LogP contribution >= 0.6 is 0 Å². The number of para-hydroxylation sites is 1. The smallest absolute Gasteiger partial charge is 0.264 e. The van der Waals surface area contributed by atoms with Gasteiger partial charge in [-0.25, -0.2) is 8.42 Å². The van der Waals surface area contributed by atoms with E-state index in [0.717, 1.165) is 16.9 Å². The van der Waals surface area contributed by atoms with Gasteiger partial charge in [0.2, 0.25) is 0 Å². The molecule has 2 unspecified atom stereocenters. The minimum Gasteiger partial charge on any atom is -0.490 e. The Hall–Kier alpha value is -2.05. The zero-order chi connectivity index (χ0) is 16.9. The van der Waals surface area contributed by atoms with Gasteiger partial charge in [-0.05, 0) is 42.3 Å². The average molecular weight is 345 g/mol. The predicted molar refractivity (Wildman–Crippen MR) is 90.9 cm³/mol. The van der Waals surface area contributed by atoms with E-state index >= 15 is 0 Å². The first kappa shape index (κ1) is 15.5. The molecule has 126 valence electrons. The lowest BCUT2D eigenvalue weighted by Crippen LogP contribution is -2.42. The molecule has 2 heterocycles. The number of nitrogens with zero attached hydrogens (tertiary/aromatic N) is 1. The van der Waals surface area contributed by atoms with Gasteiger partial charge in [0, 0.05) is 12.8 Å². The van der Waals surface area contributed by atoms with E-state index < -0.39 is 16.1 Å². The van der Waals surface area contributed by atoms with Gasteiger partial charge in [0.05, 0.1) is 23.2 Å². The van der Waals surface area contributed by atoms with E-state index in [9.17, 15) is 13.5 Å². The molecule has 0 aliphatic carbocycles. The molecule has 24 heavy (non-hydrogen) atoms. The van der Waals surface area contributed by atoms with Crippen molar-refractivity contribution in [1.82, 2.24) is 0 Å². The first-order valence-corrected chi connectivity index (χ1v) is 9.47. The van der Waals surface area contributed by atoms with Crippen molar-refractivity contribution < 1.29 is 18.3 Å². The summed E-state index contributed by atoms with van der Waals surface area (Å²) in [5.41, 5.74) is 2.40. The van der Waals surface area contributed by atoms with Crippen LogP contribution in [-0.2, 0) is 22.9 Å². The lowest BCUT2D eigenvalue weighted by atomic mass is 10.0. The van der Waals surface area contributed by atoms with Crippen molar-refractivity contribution in [3.8, 4) is 5.75 Å². The number of sulfonamides is 1. The molecule has 0 radical (unpaired) electrons. The molecule has 0 amide bonds. The molecule has 0 fully saturated rings. The highest BCUT2D eigenvalue weighted by Gasteiger charge is 2.33. The Labute approximate surface area is 141 Å². The maximum absolute atomic E-state index is 13.2. The molecule has 2 aromatic rings. The van der Waals surface area contributed by atoms with Crippen LogP contribution in [-0.4, -0.2) is 32.3 Å². The number of rotatable bonds is 2. The number of fused-ring (bicyclic) bond motifs is 2. The van der Waals surface area contributed by atoms with Crippen LogP contribution in [0.2, 0.25) is 0 Å². The average Bonchev–Trinajstić information content (AvgIpc) is 2.93. The van der Waals surface area contributed by atoms with Gasteiger partial charge < -0.3 is 9.84 Å². The number of aliphatic hydroxyl groups excluding tert-OH is 1. The summed E-state index contributed by atoms with van der Waals surface area (Å²) in [6, 6.07) is 12.3. The molecule has 1 N–H and O–H groups in total. The Morgan fingerprint density at radius 3 is 2.75 bits per heavy atom. The first-order chi connectivity index (χ1) is 11.4. The SMILES string of the molecule is CC1Cc2cc(S(=O)(=O)N3CC(O)Cc4ccccc43)ccc2O1. The third-order valence-corrected chi connectivity index (χ3v) is 6.32. The molecule has 4 rings (SSSR count). The van der Waals surface area contributed by atoms with Gasteiger partial charge in [-0.1, -0.05) is 18.2 Å². The van der Waals surface area contributed by atoms with Gasteiger partial charge in [-0.15, -0.1) is 0 Å². The fourth-order valence-electron chi connectivity index (χ4n) is 3.45. The van der Waals surface area contributed by atoms with Gasteiger partial charge in [0.25, 0.3) is 10.0 Å². The van der Waals surface area contributed by atoms with Gasteiger partial charge in [-0.2, -0.15) is 0 Å². The molecule has 2 atom stereocenters. The Balaban J connectivity index is 1.78. The number of hydrogen-bond acceptors (Lipinski definition) is 4. The standard InChI is InChI=1S/C18H19NO4S/c1-12-8-14-10-16(6-7-18(14)23-12)24(21,22)19-11-15(20)9-13-4-2-3-5-17(13)19/h2-7,10,12,15,20H,8-9,11H2,1H3. The third-order valence-electron chi connectivity index (χ3n) is 4.55. The molecule has 0 aromatic heterocycles. The molecule has 6 heteroatoms. The summed E-state index contributed by atoms with van der Waals surface area (Å²) < 4.78 is 33.3. The van der Waals surface area contributed by atoms with Crippen LogP contribution < -0.4 is 9.04 Å². The topological polar surface area (TPSA) is 66.8 Å². The van der Waals surface area contributed by atoms with E-state index in [1.165, 1.54) is 4.31 Å². The Morgan fingerprint density at radius 2 is 1.92 bits per heavy atom. The fraction of sp³-hybridized carbons (Fsp3) is 0.333. The molecular weight excluding hydrogens is 326 g/mol. The van der Waals surface area contributed by atoms with E-state index in [4.69, 9.17) is 4.74 Å². The Morgan fingerprint density at radius 1 is 1.12 bits per heavy atom. The number of ether oxygens (including phenoxy) is 1. The summed E-state index contributed by atoms with van der Waals surface area (Å²) >= 11 is 0. The highest BCUT2D eigenvalue weighted by molar-refractivity contribution is 7.92. The van der Waals surface area contributed by atoms with Crippen LogP contribution in [0.25, 0.3) is 0 Å². The predicted octanol–water partition coefficient (Wildman–Crippen LogP) is 2.12. The van der Waals surface area contributed by atoms with Gasteiger partial charge >= 0.3 is 0 Å². The minimum atomic E-state index is -3.73. The van der Waals surface area contributed by atoms with Crippen molar-refractivity contribution in [3.05, 3.63) is 53.6 Å². The number of aliphatic hydroxyl groups is 1. The maximum Gasteiger partial charge on any atom is 0.264 e. The summed E-state index contributed by atoms with van der Waals surface area (Å²) in [5.74, 6) is 0.750. The molecule has 2 aliphatic heterocycles. The van der Waals surface area contributed by atoms with Crippen LogP contribution in [0.1, 0.15) is 18.1 Å². The van der Waals surface area contributed by atoms with E-state index in [-0.39, 0.29) is 17.5 Å². The summed E-state index contributed by atoms with van der Waals surface area (Å²) in [6.07, 6.45) is 0.540. The van der Waals surface area contributed by atoms with Crippen molar-refractivity contribution in [1.29, 1.82) is 0 Å². The second-order valence-electron chi connectivity index (χ2n) is 6.42. The van der Waals surface area contributed by atoms with Crippen LogP contribution in [0.15, 0.2) is 47.4 Å². The van der Waals surface area contributed by atoms with Crippen molar-refractivity contribution in [2.24, 2.45) is 0 Å². The van der Waals surface area contributed by atoms with Crippen molar-refractivity contribution in [2.75, 3.05) is 10.8 Å². The fourth-order valence-corrected chi connectivity index (χ4v) is 5.04. The van der Waals surface area contributed by atoms with E-state index in [0.29, 0.717) is 18.5 Å². The number of benzene rings is 2. The van der Waals surface area contributed by atoms with Crippen LogP contribution in [0.3, 0.4) is 0 Å². The van der Waals surface area contributed by atoms with Gasteiger partial charge in [0.15, 0.2) is 0 Å². The van der Waals surface area contributed by atoms with E-state index in [1.807, 2.05) is 25.1 Å². The van der Waals surface area contributed by atoms with Crippen molar-refractivity contribution >= 4 is 15.7 Å². The molecule has 2 aliphatic rings. The van der Waals surface area contributed by atoms with E-state index in [1.54, 1.807) is 24.3 Å². The lowest BCUT2D eigenvalue weighted by Gasteiger charge is -2.33. The monoisotopic (exact) mass is 345 g/mol. The molecule has 0 saturated carbocycles. The second-order valence-corrected chi connectivity index (χ2v) is 8.29. The summed E-state index contributed by atoms with van der Waals surface area (Å²) in [7, 11) is -3.73. The summed E-state index contributed by atoms with van der Waals surface area (Å²) in [5, 5.41) is 10.1. The quantitative estimate of drug-likeness (QED) is 0.905. The third kappa shape index (κ3) is 2.46. The lowest BCUT2D eigenvalue weighted by molar-refractivity contribution is 0.180. The summed E-state index contributed by atoms with van der Waals surface area (Å²) in [4.78, 5) is 0.239.